The van der Waals surface area contributed by atoms with Gasteiger partial charge in [0.05, 0.1) is 5.56 Å². The maximum atomic E-state index is 13.5. The van der Waals surface area contributed by atoms with Crippen molar-refractivity contribution in [2.75, 3.05) is 39.3 Å². The van der Waals surface area contributed by atoms with E-state index in [1.165, 1.54) is 12.1 Å². The second-order valence-electron chi connectivity index (χ2n) is 4.47. The second-order valence-corrected chi connectivity index (χ2v) is 5.39. The first-order valence-corrected chi connectivity index (χ1v) is 7.12. The fourth-order valence-corrected chi connectivity index (χ4v) is 2.39. The average Bonchev–Trinajstić information content (AvgIpc) is 2.42. The Morgan fingerprint density at radius 1 is 1.40 bits per heavy atom. The summed E-state index contributed by atoms with van der Waals surface area (Å²) in [6.45, 7) is 5.26. The van der Waals surface area contributed by atoms with Gasteiger partial charge in [-0.05, 0) is 18.2 Å². The zero-order valence-electron chi connectivity index (χ0n) is 11.0. The van der Waals surface area contributed by atoms with Crippen molar-refractivity contribution in [1.82, 2.24) is 15.5 Å². The molecule has 0 aromatic heterocycles. The molecule has 0 aliphatic carbocycles. The molecular weight excluding hydrogens is 349 g/mol. The number of nitrogens with zero attached hydrogens (tertiary/aromatic N) is 1. The highest BCUT2D eigenvalue weighted by atomic mass is 79.9. The van der Waals surface area contributed by atoms with Gasteiger partial charge in [-0.3, -0.25) is 9.69 Å². The standard InChI is InChI=1S/C13H17BrFN3O.ClH/c14-10-1-2-12(15)11(9-10)13(19)17-5-8-18-6-3-16-4-7-18;/h1-2,9,16H,3-8H2,(H,17,19);1H. The average molecular weight is 367 g/mol. The number of carbonyl (C=O) groups is 1. The molecule has 1 aliphatic rings. The molecule has 112 valence electrons. The van der Waals surface area contributed by atoms with Gasteiger partial charge in [0, 0.05) is 43.7 Å². The van der Waals surface area contributed by atoms with E-state index in [4.69, 9.17) is 0 Å². The Kier molecular flexibility index (Phi) is 7.43. The van der Waals surface area contributed by atoms with Gasteiger partial charge in [-0.15, -0.1) is 12.4 Å². The summed E-state index contributed by atoms with van der Waals surface area (Å²) < 4.78 is 14.2. The van der Waals surface area contributed by atoms with Gasteiger partial charge in [0.15, 0.2) is 0 Å². The van der Waals surface area contributed by atoms with E-state index in [0.29, 0.717) is 11.0 Å². The van der Waals surface area contributed by atoms with Gasteiger partial charge < -0.3 is 10.6 Å². The molecule has 1 heterocycles. The van der Waals surface area contributed by atoms with E-state index < -0.39 is 5.82 Å². The van der Waals surface area contributed by atoms with Crippen molar-refractivity contribution in [3.8, 4) is 0 Å². The highest BCUT2D eigenvalue weighted by Gasteiger charge is 2.13. The zero-order valence-corrected chi connectivity index (χ0v) is 13.4. The van der Waals surface area contributed by atoms with E-state index in [2.05, 4.69) is 31.5 Å². The van der Waals surface area contributed by atoms with Crippen molar-refractivity contribution in [2.45, 2.75) is 0 Å². The van der Waals surface area contributed by atoms with E-state index in [-0.39, 0.29) is 23.9 Å². The summed E-state index contributed by atoms with van der Waals surface area (Å²) in [5, 5.41) is 6.02. The van der Waals surface area contributed by atoms with E-state index in [0.717, 1.165) is 32.7 Å². The fourth-order valence-electron chi connectivity index (χ4n) is 2.03. The van der Waals surface area contributed by atoms with Crippen LogP contribution in [-0.4, -0.2) is 50.1 Å². The maximum absolute atomic E-state index is 13.5. The summed E-state index contributed by atoms with van der Waals surface area (Å²) in [6, 6.07) is 4.36. The lowest BCUT2D eigenvalue weighted by atomic mass is 10.2. The van der Waals surface area contributed by atoms with Crippen molar-refractivity contribution < 1.29 is 9.18 Å². The predicted molar refractivity (Wildman–Crippen MR) is 83.0 cm³/mol. The van der Waals surface area contributed by atoms with Crippen LogP contribution >= 0.6 is 28.3 Å². The zero-order chi connectivity index (χ0) is 13.7. The molecule has 0 unspecified atom stereocenters. The molecule has 4 nitrogen and oxygen atoms in total. The molecule has 1 aromatic rings. The Morgan fingerprint density at radius 3 is 2.80 bits per heavy atom. The molecule has 0 spiro atoms. The number of benzene rings is 1. The third-order valence-corrected chi connectivity index (χ3v) is 3.59. The van der Waals surface area contributed by atoms with E-state index in [1.54, 1.807) is 6.07 Å². The summed E-state index contributed by atoms with van der Waals surface area (Å²) in [4.78, 5) is 14.1. The smallest absolute Gasteiger partial charge is 0.254 e. The number of halogens is 3. The lowest BCUT2D eigenvalue weighted by molar-refractivity contribution is 0.0943. The largest absolute Gasteiger partial charge is 0.351 e. The first kappa shape index (κ1) is 17.4. The summed E-state index contributed by atoms with van der Waals surface area (Å²) in [5.41, 5.74) is 0.0784. The van der Waals surface area contributed by atoms with Gasteiger partial charge >= 0.3 is 0 Å². The normalized spacial score (nSPS) is 15.5. The molecule has 0 saturated carbocycles. The minimum atomic E-state index is -0.497. The molecule has 1 fully saturated rings. The molecule has 0 radical (unpaired) electrons. The van der Waals surface area contributed by atoms with Crippen molar-refractivity contribution in [1.29, 1.82) is 0 Å². The number of piperazine rings is 1. The highest BCUT2D eigenvalue weighted by Crippen LogP contribution is 2.15. The maximum Gasteiger partial charge on any atom is 0.254 e. The van der Waals surface area contributed by atoms with Crippen molar-refractivity contribution in [3.63, 3.8) is 0 Å². The minimum Gasteiger partial charge on any atom is -0.351 e. The molecule has 0 bridgehead atoms. The van der Waals surface area contributed by atoms with E-state index >= 15 is 0 Å². The van der Waals surface area contributed by atoms with Crippen LogP contribution in [0.1, 0.15) is 10.4 Å². The van der Waals surface area contributed by atoms with Crippen LogP contribution in [-0.2, 0) is 0 Å². The molecule has 1 amide bonds. The number of rotatable bonds is 4. The van der Waals surface area contributed by atoms with Gasteiger partial charge in [0.2, 0.25) is 0 Å². The van der Waals surface area contributed by atoms with Crippen LogP contribution in [0, 0.1) is 5.82 Å². The summed E-state index contributed by atoms with van der Waals surface area (Å²) in [6.07, 6.45) is 0. The topological polar surface area (TPSA) is 44.4 Å². The molecule has 0 atom stereocenters. The number of nitrogens with one attached hydrogen (secondary N) is 2. The SMILES string of the molecule is Cl.O=C(NCCN1CCNCC1)c1cc(Br)ccc1F. The Labute approximate surface area is 132 Å². The monoisotopic (exact) mass is 365 g/mol. The van der Waals surface area contributed by atoms with Gasteiger partial charge in [-0.2, -0.15) is 0 Å². The van der Waals surface area contributed by atoms with Gasteiger partial charge in [0.1, 0.15) is 5.82 Å². The van der Waals surface area contributed by atoms with Crippen LogP contribution < -0.4 is 10.6 Å². The van der Waals surface area contributed by atoms with Crippen LogP contribution in [0.15, 0.2) is 22.7 Å². The third-order valence-electron chi connectivity index (χ3n) is 3.10. The number of hydrogen-bond donors (Lipinski definition) is 2. The minimum absolute atomic E-state index is 0. The highest BCUT2D eigenvalue weighted by molar-refractivity contribution is 9.10. The quantitative estimate of drug-likeness (QED) is 0.851. The molecule has 1 aliphatic heterocycles. The van der Waals surface area contributed by atoms with Crippen LogP contribution in [0.3, 0.4) is 0 Å². The van der Waals surface area contributed by atoms with Gasteiger partial charge in [-0.25, -0.2) is 4.39 Å². The van der Waals surface area contributed by atoms with E-state index in [1.807, 2.05) is 0 Å². The molecule has 1 saturated heterocycles. The Bertz CT molecular complexity index is 455. The summed E-state index contributed by atoms with van der Waals surface area (Å²) in [7, 11) is 0. The van der Waals surface area contributed by atoms with Crippen LogP contribution in [0.25, 0.3) is 0 Å². The molecule has 1 aromatic carbocycles. The Morgan fingerprint density at radius 2 is 2.10 bits per heavy atom. The van der Waals surface area contributed by atoms with Crippen LogP contribution in [0.2, 0.25) is 0 Å². The molecule has 2 rings (SSSR count). The first-order chi connectivity index (χ1) is 9.16. The number of hydrogen-bond acceptors (Lipinski definition) is 3. The fraction of sp³-hybridized carbons (Fsp3) is 0.462. The first-order valence-electron chi connectivity index (χ1n) is 6.33. The van der Waals surface area contributed by atoms with Crippen LogP contribution in [0.5, 0.6) is 0 Å². The Balaban J connectivity index is 0.00000200. The number of amides is 1. The second kappa shape index (κ2) is 8.56. The van der Waals surface area contributed by atoms with Crippen molar-refractivity contribution in [2.24, 2.45) is 0 Å². The molecular formula is C13H18BrClFN3O. The summed E-state index contributed by atoms with van der Waals surface area (Å²) >= 11 is 3.23. The lowest BCUT2D eigenvalue weighted by Gasteiger charge is -2.27. The lowest BCUT2D eigenvalue weighted by Crippen LogP contribution is -2.46. The molecule has 2 N–H and O–H groups in total. The Hall–Kier alpha value is -0.690. The number of carbonyl (C=O) groups excluding carboxylic acids is 1. The van der Waals surface area contributed by atoms with E-state index in [9.17, 15) is 9.18 Å². The predicted octanol–water partition coefficient (Wildman–Crippen LogP) is 1.65. The van der Waals surface area contributed by atoms with Crippen molar-refractivity contribution in [3.05, 3.63) is 34.1 Å². The van der Waals surface area contributed by atoms with Crippen LogP contribution in [0.4, 0.5) is 4.39 Å². The van der Waals surface area contributed by atoms with Gasteiger partial charge in [0.25, 0.3) is 5.91 Å². The van der Waals surface area contributed by atoms with Crippen molar-refractivity contribution >= 4 is 34.2 Å². The van der Waals surface area contributed by atoms with Gasteiger partial charge in [-0.1, -0.05) is 15.9 Å². The summed E-state index contributed by atoms with van der Waals surface area (Å²) in [5.74, 6) is -0.864. The molecule has 20 heavy (non-hydrogen) atoms. The molecule has 7 heteroatoms. The third kappa shape index (κ3) is 5.01.